The van der Waals surface area contributed by atoms with E-state index >= 15 is 0 Å². The Hall–Kier alpha value is -1.66. The Labute approximate surface area is 172 Å². The van der Waals surface area contributed by atoms with Crippen LogP contribution in [0.1, 0.15) is 55.3 Å². The molecule has 4 rings (SSSR count). The molecule has 0 bridgehead atoms. The smallest absolute Gasteiger partial charge is 0.253 e. The number of carbonyl (C=O) groups is 1. The predicted octanol–water partition coefficient (Wildman–Crippen LogP) is 4.05. The van der Waals surface area contributed by atoms with Gasteiger partial charge in [0, 0.05) is 38.5 Å². The molecule has 0 N–H and O–H groups in total. The predicted molar refractivity (Wildman–Crippen MR) is 108 cm³/mol. The fourth-order valence-electron chi connectivity index (χ4n) is 4.61. The van der Waals surface area contributed by atoms with E-state index in [1.807, 2.05) is 4.90 Å². The Morgan fingerprint density at radius 3 is 2.72 bits per heavy atom. The number of halogens is 1. The van der Waals surface area contributed by atoms with Crippen LogP contribution in [0.2, 0.25) is 0 Å². The molecule has 0 radical (unpaired) electrons. The number of nitrogens with zero attached hydrogens (tertiary/aromatic N) is 1. The topological polar surface area (TPSA) is 48.0 Å². The van der Waals surface area contributed by atoms with Crippen molar-refractivity contribution in [2.75, 3.05) is 40.0 Å². The normalized spacial score (nSPS) is 23.9. The Morgan fingerprint density at radius 2 is 2.03 bits per heavy atom. The maximum Gasteiger partial charge on any atom is 0.253 e. The van der Waals surface area contributed by atoms with Crippen LogP contribution in [0.5, 0.6) is 5.75 Å². The van der Waals surface area contributed by atoms with Crippen molar-refractivity contribution in [1.82, 2.24) is 4.90 Å². The van der Waals surface area contributed by atoms with Gasteiger partial charge in [-0.25, -0.2) is 4.39 Å². The summed E-state index contributed by atoms with van der Waals surface area (Å²) in [7, 11) is 1.42. The van der Waals surface area contributed by atoms with E-state index in [1.54, 1.807) is 6.07 Å². The van der Waals surface area contributed by atoms with E-state index in [-0.39, 0.29) is 17.3 Å². The first-order valence-corrected chi connectivity index (χ1v) is 10.9. The quantitative estimate of drug-likeness (QED) is 0.642. The summed E-state index contributed by atoms with van der Waals surface area (Å²) in [4.78, 5) is 14.6. The third kappa shape index (κ3) is 5.10. The molecule has 6 heteroatoms. The van der Waals surface area contributed by atoms with Crippen LogP contribution < -0.4 is 4.74 Å². The minimum Gasteiger partial charge on any atom is -0.494 e. The first kappa shape index (κ1) is 20.6. The Morgan fingerprint density at radius 1 is 1.24 bits per heavy atom. The van der Waals surface area contributed by atoms with Gasteiger partial charge in [-0.15, -0.1) is 0 Å². The summed E-state index contributed by atoms with van der Waals surface area (Å²) in [5.41, 5.74) is 0.260. The third-order valence-corrected chi connectivity index (χ3v) is 6.68. The number of ether oxygens (including phenoxy) is 3. The molecule has 1 aliphatic carbocycles. The summed E-state index contributed by atoms with van der Waals surface area (Å²) in [6.45, 7) is 3.88. The molecular weight excluding hydrogens is 373 g/mol. The van der Waals surface area contributed by atoms with E-state index in [4.69, 9.17) is 14.2 Å². The lowest BCUT2D eigenvalue weighted by atomic mass is 9.78. The number of hydrogen-bond donors (Lipinski definition) is 0. The highest BCUT2D eigenvalue weighted by Gasteiger charge is 2.41. The zero-order valence-electron chi connectivity index (χ0n) is 17.3. The van der Waals surface area contributed by atoms with Gasteiger partial charge in [-0.2, -0.15) is 0 Å². The van der Waals surface area contributed by atoms with Crippen LogP contribution >= 0.6 is 0 Å². The molecule has 1 spiro atoms. The van der Waals surface area contributed by atoms with Gasteiger partial charge < -0.3 is 19.1 Å². The van der Waals surface area contributed by atoms with E-state index in [0.717, 1.165) is 57.8 Å². The Kier molecular flexibility index (Phi) is 6.40. The van der Waals surface area contributed by atoms with Gasteiger partial charge in [0.2, 0.25) is 0 Å². The molecule has 1 saturated carbocycles. The van der Waals surface area contributed by atoms with Crippen molar-refractivity contribution in [2.45, 2.75) is 50.5 Å². The van der Waals surface area contributed by atoms with Gasteiger partial charge in [-0.3, -0.25) is 4.79 Å². The second-order valence-electron chi connectivity index (χ2n) is 8.84. The van der Waals surface area contributed by atoms with Gasteiger partial charge in [-0.1, -0.05) is 0 Å². The average Bonchev–Trinajstić information content (AvgIpc) is 3.56. The number of methoxy groups -OCH3 is 1. The van der Waals surface area contributed by atoms with Gasteiger partial charge in [-0.05, 0) is 75.0 Å². The summed E-state index contributed by atoms with van der Waals surface area (Å²) < 4.78 is 30.9. The van der Waals surface area contributed by atoms with Crippen LogP contribution in [0.4, 0.5) is 4.39 Å². The SMILES string of the molecule is COc1ccc(C(=O)N2CCC3(CC2)CC(CCOCC2CC2)CCO3)cc1F. The second-order valence-corrected chi connectivity index (χ2v) is 8.84. The van der Waals surface area contributed by atoms with E-state index in [9.17, 15) is 9.18 Å². The van der Waals surface area contributed by atoms with Crippen molar-refractivity contribution < 1.29 is 23.4 Å². The van der Waals surface area contributed by atoms with Gasteiger partial charge in [0.15, 0.2) is 11.6 Å². The first-order valence-electron chi connectivity index (χ1n) is 10.9. The van der Waals surface area contributed by atoms with Gasteiger partial charge in [0.25, 0.3) is 5.91 Å². The molecule has 5 nitrogen and oxygen atoms in total. The molecule has 1 amide bonds. The molecule has 0 aromatic heterocycles. The Bertz CT molecular complexity index is 713. The highest BCUT2D eigenvalue weighted by atomic mass is 19.1. The molecule has 2 saturated heterocycles. The molecule has 1 atom stereocenters. The maximum absolute atomic E-state index is 14.0. The standard InChI is InChI=1S/C23H32FNO4/c1-27-21-5-4-19(14-20(21)24)22(26)25-10-8-23(9-11-25)15-17(7-13-29-23)6-12-28-16-18-2-3-18/h4-5,14,17-18H,2-3,6-13,15-16H2,1H3. The van der Waals surface area contributed by atoms with Crippen LogP contribution in [-0.4, -0.2) is 56.4 Å². The molecule has 2 heterocycles. The first-order chi connectivity index (χ1) is 14.1. The third-order valence-electron chi connectivity index (χ3n) is 6.68. The van der Waals surface area contributed by atoms with Crippen LogP contribution in [0, 0.1) is 17.7 Å². The number of amides is 1. The van der Waals surface area contributed by atoms with Gasteiger partial charge in [0.05, 0.1) is 12.7 Å². The number of likely N-dealkylation sites (tertiary alicyclic amines) is 1. The molecule has 3 fully saturated rings. The molecule has 1 aromatic carbocycles. The van der Waals surface area contributed by atoms with Crippen molar-refractivity contribution in [1.29, 1.82) is 0 Å². The Balaban J connectivity index is 1.27. The average molecular weight is 406 g/mol. The van der Waals surface area contributed by atoms with E-state index in [2.05, 4.69) is 0 Å². The lowest BCUT2D eigenvalue weighted by Gasteiger charge is -2.46. The molecule has 29 heavy (non-hydrogen) atoms. The minimum absolute atomic E-state index is 0.110. The van der Waals surface area contributed by atoms with Gasteiger partial charge in [0.1, 0.15) is 0 Å². The molecular formula is C23H32FNO4. The number of piperidine rings is 1. The summed E-state index contributed by atoms with van der Waals surface area (Å²) in [6.07, 6.45) is 7.61. The fourth-order valence-corrected chi connectivity index (χ4v) is 4.61. The van der Waals surface area contributed by atoms with Crippen LogP contribution in [0.15, 0.2) is 18.2 Å². The van der Waals surface area contributed by atoms with Crippen LogP contribution in [0.25, 0.3) is 0 Å². The van der Waals surface area contributed by atoms with E-state index in [1.165, 1.54) is 32.1 Å². The largest absolute Gasteiger partial charge is 0.494 e. The molecule has 1 unspecified atom stereocenters. The lowest BCUT2D eigenvalue weighted by Crippen LogP contribution is -2.50. The summed E-state index contributed by atoms with van der Waals surface area (Å²) in [5, 5.41) is 0. The number of carbonyl (C=O) groups excluding carboxylic acids is 1. The van der Waals surface area contributed by atoms with Gasteiger partial charge >= 0.3 is 0 Å². The van der Waals surface area contributed by atoms with Crippen molar-refractivity contribution in [3.63, 3.8) is 0 Å². The lowest BCUT2D eigenvalue weighted by molar-refractivity contribution is -0.126. The molecule has 160 valence electrons. The fraction of sp³-hybridized carbons (Fsp3) is 0.696. The van der Waals surface area contributed by atoms with Crippen molar-refractivity contribution in [3.05, 3.63) is 29.6 Å². The molecule has 3 aliphatic rings. The van der Waals surface area contributed by atoms with Crippen molar-refractivity contribution >= 4 is 5.91 Å². The molecule has 2 aliphatic heterocycles. The number of rotatable bonds is 7. The highest BCUT2D eigenvalue weighted by molar-refractivity contribution is 5.94. The zero-order chi connectivity index (χ0) is 20.3. The summed E-state index contributed by atoms with van der Waals surface area (Å²) in [5.74, 6) is 0.983. The van der Waals surface area contributed by atoms with E-state index in [0.29, 0.717) is 24.6 Å². The highest BCUT2D eigenvalue weighted by Crippen LogP contribution is 2.39. The summed E-state index contributed by atoms with van der Waals surface area (Å²) >= 11 is 0. The van der Waals surface area contributed by atoms with Crippen LogP contribution in [-0.2, 0) is 9.47 Å². The number of hydrogen-bond acceptors (Lipinski definition) is 4. The van der Waals surface area contributed by atoms with Crippen LogP contribution in [0.3, 0.4) is 0 Å². The van der Waals surface area contributed by atoms with E-state index < -0.39 is 5.82 Å². The van der Waals surface area contributed by atoms with Crippen molar-refractivity contribution in [3.8, 4) is 5.75 Å². The zero-order valence-corrected chi connectivity index (χ0v) is 17.3. The molecule has 1 aromatic rings. The second kappa shape index (κ2) is 9.00. The van der Waals surface area contributed by atoms with Crippen molar-refractivity contribution in [2.24, 2.45) is 11.8 Å². The maximum atomic E-state index is 14.0. The monoisotopic (exact) mass is 405 g/mol. The minimum atomic E-state index is -0.505. The summed E-state index contributed by atoms with van der Waals surface area (Å²) in [6, 6.07) is 4.40. The number of benzene rings is 1.